The highest BCUT2D eigenvalue weighted by atomic mass is 79.9. The molecule has 0 radical (unpaired) electrons. The van der Waals surface area contributed by atoms with Gasteiger partial charge in [-0.05, 0) is 53.5 Å². The highest BCUT2D eigenvalue weighted by Crippen LogP contribution is 2.21. The number of amides is 1. The molecule has 1 aromatic heterocycles. The van der Waals surface area contributed by atoms with Crippen molar-refractivity contribution in [2.24, 2.45) is 0 Å². The molecule has 0 saturated heterocycles. The number of carbonyl (C=O) groups is 1. The smallest absolute Gasteiger partial charge is 0.258 e. The normalized spacial score (nSPS) is 11.8. The minimum atomic E-state index is -0.212. The maximum Gasteiger partial charge on any atom is 0.258 e. The molecule has 2 aromatic rings. The highest BCUT2D eigenvalue weighted by Gasteiger charge is 2.11. The number of nitrogens with one attached hydrogen (secondary N) is 1. The molecule has 0 aliphatic heterocycles. The molecule has 1 amide bonds. The second-order valence-electron chi connectivity index (χ2n) is 4.66. The zero-order chi connectivity index (χ0) is 15.2. The van der Waals surface area contributed by atoms with Crippen LogP contribution in [-0.2, 0) is 0 Å². The highest BCUT2D eigenvalue weighted by molar-refractivity contribution is 9.10. The van der Waals surface area contributed by atoms with Gasteiger partial charge in [0.15, 0.2) is 0 Å². The quantitative estimate of drug-likeness (QED) is 0.820. The van der Waals surface area contributed by atoms with Gasteiger partial charge in [0, 0.05) is 18.0 Å². The minimum absolute atomic E-state index is 0.142. The summed E-state index contributed by atoms with van der Waals surface area (Å²) in [6, 6.07) is 10.8. The van der Waals surface area contributed by atoms with E-state index in [2.05, 4.69) is 33.2 Å². The summed E-state index contributed by atoms with van der Waals surface area (Å²) < 4.78 is 6.26. The van der Waals surface area contributed by atoms with Crippen LogP contribution < -0.4 is 10.1 Å². The molecule has 110 valence electrons. The topological polar surface area (TPSA) is 51.2 Å². The van der Waals surface area contributed by atoms with Crippen molar-refractivity contribution in [2.75, 3.05) is 5.32 Å². The van der Waals surface area contributed by atoms with Gasteiger partial charge >= 0.3 is 0 Å². The summed E-state index contributed by atoms with van der Waals surface area (Å²) in [5.74, 6) is 0.531. The Hall–Kier alpha value is -1.88. The third-order valence-corrected chi connectivity index (χ3v) is 3.64. The fraction of sp³-hybridized carbons (Fsp3) is 0.250. The van der Waals surface area contributed by atoms with Gasteiger partial charge in [0.2, 0.25) is 0 Å². The molecule has 1 unspecified atom stereocenters. The zero-order valence-corrected chi connectivity index (χ0v) is 13.6. The van der Waals surface area contributed by atoms with E-state index in [4.69, 9.17) is 4.74 Å². The molecule has 2 rings (SSSR count). The lowest BCUT2D eigenvalue weighted by Crippen LogP contribution is -2.13. The predicted octanol–water partition coefficient (Wildman–Crippen LogP) is 4.27. The van der Waals surface area contributed by atoms with Crippen molar-refractivity contribution < 1.29 is 9.53 Å². The van der Waals surface area contributed by atoms with Crippen molar-refractivity contribution in [3.8, 4) is 5.75 Å². The molecular formula is C16H17BrN2O2. The number of rotatable bonds is 5. The Balaban J connectivity index is 2.11. The van der Waals surface area contributed by atoms with E-state index in [0.29, 0.717) is 15.9 Å². The summed E-state index contributed by atoms with van der Waals surface area (Å²) >= 11 is 3.27. The van der Waals surface area contributed by atoms with Gasteiger partial charge in [-0.1, -0.05) is 13.0 Å². The van der Waals surface area contributed by atoms with E-state index in [1.807, 2.05) is 31.2 Å². The average Bonchev–Trinajstić information content (AvgIpc) is 2.47. The minimum Gasteiger partial charge on any atom is -0.491 e. The van der Waals surface area contributed by atoms with Gasteiger partial charge < -0.3 is 10.1 Å². The molecule has 0 saturated carbocycles. The van der Waals surface area contributed by atoms with Crippen LogP contribution in [0.15, 0.2) is 47.2 Å². The Morgan fingerprint density at radius 1 is 1.38 bits per heavy atom. The number of ether oxygens (including phenoxy) is 1. The first kappa shape index (κ1) is 15.5. The van der Waals surface area contributed by atoms with E-state index < -0.39 is 0 Å². The third kappa shape index (κ3) is 4.29. The Labute approximate surface area is 132 Å². The number of benzene rings is 1. The molecule has 4 nitrogen and oxygen atoms in total. The summed E-state index contributed by atoms with van der Waals surface area (Å²) in [7, 11) is 0. The molecule has 5 heteroatoms. The van der Waals surface area contributed by atoms with Gasteiger partial charge in [-0.2, -0.15) is 0 Å². The van der Waals surface area contributed by atoms with Crippen molar-refractivity contribution in [3.05, 3.63) is 52.8 Å². The van der Waals surface area contributed by atoms with Crippen LogP contribution in [0.3, 0.4) is 0 Å². The first-order chi connectivity index (χ1) is 10.1. The maximum atomic E-state index is 12.2. The van der Waals surface area contributed by atoms with E-state index in [1.54, 1.807) is 18.3 Å². The van der Waals surface area contributed by atoms with Crippen molar-refractivity contribution >= 4 is 27.5 Å². The van der Waals surface area contributed by atoms with E-state index >= 15 is 0 Å². The summed E-state index contributed by atoms with van der Waals surface area (Å²) in [6.45, 7) is 4.08. The molecule has 1 aromatic carbocycles. The molecule has 21 heavy (non-hydrogen) atoms. The maximum absolute atomic E-state index is 12.2. The number of halogens is 1. The second kappa shape index (κ2) is 7.22. The number of nitrogens with zero attached hydrogens (tertiary/aromatic N) is 1. The van der Waals surface area contributed by atoms with Crippen LogP contribution in [0.2, 0.25) is 0 Å². The van der Waals surface area contributed by atoms with E-state index in [1.165, 1.54) is 0 Å². The Kier molecular flexibility index (Phi) is 5.33. The van der Waals surface area contributed by atoms with Gasteiger partial charge in [-0.15, -0.1) is 0 Å². The van der Waals surface area contributed by atoms with Crippen LogP contribution in [0.4, 0.5) is 5.69 Å². The number of anilines is 1. The van der Waals surface area contributed by atoms with Crippen molar-refractivity contribution in [3.63, 3.8) is 0 Å². The number of hydrogen-bond donors (Lipinski definition) is 1. The fourth-order valence-electron chi connectivity index (χ4n) is 1.72. The van der Waals surface area contributed by atoms with Gasteiger partial charge in [0.25, 0.3) is 5.91 Å². The molecule has 0 aliphatic carbocycles. The molecule has 1 atom stereocenters. The predicted molar refractivity (Wildman–Crippen MR) is 86.7 cm³/mol. The molecule has 1 heterocycles. The number of pyridine rings is 1. The Bertz CT molecular complexity index is 631. The summed E-state index contributed by atoms with van der Waals surface area (Å²) in [5, 5.41) is 2.84. The largest absolute Gasteiger partial charge is 0.491 e. The first-order valence-electron chi connectivity index (χ1n) is 6.78. The first-order valence-corrected chi connectivity index (χ1v) is 7.58. The molecule has 0 spiro atoms. The van der Waals surface area contributed by atoms with Crippen LogP contribution in [0, 0.1) is 0 Å². The lowest BCUT2D eigenvalue weighted by molar-refractivity contribution is 0.102. The van der Waals surface area contributed by atoms with Crippen LogP contribution in [0.1, 0.15) is 30.6 Å². The van der Waals surface area contributed by atoms with E-state index in [0.717, 1.165) is 12.2 Å². The van der Waals surface area contributed by atoms with E-state index in [-0.39, 0.29) is 12.0 Å². The van der Waals surface area contributed by atoms with Gasteiger partial charge in [-0.3, -0.25) is 4.79 Å². The van der Waals surface area contributed by atoms with Crippen molar-refractivity contribution in [2.45, 2.75) is 26.4 Å². The van der Waals surface area contributed by atoms with Crippen LogP contribution in [-0.4, -0.2) is 17.0 Å². The lowest BCUT2D eigenvalue weighted by atomic mass is 10.2. The third-order valence-electron chi connectivity index (χ3n) is 3.01. The number of carbonyl (C=O) groups excluding carboxylic acids is 1. The number of hydrogen-bond acceptors (Lipinski definition) is 3. The molecular weight excluding hydrogens is 332 g/mol. The number of aromatic nitrogens is 1. The summed E-state index contributed by atoms with van der Waals surface area (Å²) in [6.07, 6.45) is 2.70. The fourth-order valence-corrected chi connectivity index (χ4v) is 2.15. The van der Waals surface area contributed by atoms with Crippen LogP contribution in [0.25, 0.3) is 0 Å². The van der Waals surface area contributed by atoms with E-state index in [9.17, 15) is 4.79 Å². The van der Waals surface area contributed by atoms with Gasteiger partial charge in [0.1, 0.15) is 10.4 Å². The zero-order valence-electron chi connectivity index (χ0n) is 12.0. The summed E-state index contributed by atoms with van der Waals surface area (Å²) in [4.78, 5) is 16.2. The van der Waals surface area contributed by atoms with Gasteiger partial charge in [-0.25, -0.2) is 4.98 Å². The molecule has 0 bridgehead atoms. The summed E-state index contributed by atoms with van der Waals surface area (Å²) in [5.41, 5.74) is 1.18. The molecule has 0 aliphatic rings. The molecule has 0 fully saturated rings. The Morgan fingerprint density at radius 3 is 2.90 bits per heavy atom. The monoisotopic (exact) mass is 348 g/mol. The average molecular weight is 349 g/mol. The SMILES string of the molecule is CCC(C)Oc1cccc(NC(=O)c2cccnc2Br)c1. The van der Waals surface area contributed by atoms with Crippen LogP contribution >= 0.6 is 15.9 Å². The van der Waals surface area contributed by atoms with Crippen LogP contribution in [0.5, 0.6) is 5.75 Å². The lowest BCUT2D eigenvalue weighted by Gasteiger charge is -2.13. The van der Waals surface area contributed by atoms with Crippen molar-refractivity contribution in [1.82, 2.24) is 4.98 Å². The van der Waals surface area contributed by atoms with Gasteiger partial charge in [0.05, 0.1) is 11.7 Å². The molecule has 1 N–H and O–H groups in total. The Morgan fingerprint density at radius 2 is 2.19 bits per heavy atom. The van der Waals surface area contributed by atoms with Crippen molar-refractivity contribution in [1.29, 1.82) is 0 Å². The standard InChI is InChI=1S/C16H17BrN2O2/c1-3-11(2)21-13-7-4-6-12(10-13)19-16(20)14-8-5-9-18-15(14)17/h4-11H,3H2,1-2H3,(H,19,20). The second-order valence-corrected chi connectivity index (χ2v) is 5.41.